The number of benzene rings is 2. The number of amides is 2. The van der Waals surface area contributed by atoms with Crippen LogP contribution in [0.5, 0.6) is 0 Å². The Morgan fingerprint density at radius 2 is 2.00 bits per heavy atom. The molecule has 0 saturated carbocycles. The number of thiazole rings is 1. The predicted octanol–water partition coefficient (Wildman–Crippen LogP) is 3.13. The average molecular weight is 466 g/mol. The molecule has 3 heterocycles. The highest BCUT2D eigenvalue weighted by Crippen LogP contribution is 2.23. The van der Waals surface area contributed by atoms with Gasteiger partial charge in [0.25, 0.3) is 5.91 Å². The lowest BCUT2D eigenvalue weighted by Gasteiger charge is -2.37. The topological polar surface area (TPSA) is 98.9 Å². The van der Waals surface area contributed by atoms with E-state index in [1.165, 1.54) is 23.5 Å². The monoisotopic (exact) mass is 465 g/mol. The van der Waals surface area contributed by atoms with Gasteiger partial charge in [-0.3, -0.25) is 9.59 Å². The van der Waals surface area contributed by atoms with E-state index in [2.05, 4.69) is 25.9 Å². The van der Waals surface area contributed by atoms with Gasteiger partial charge in [0.1, 0.15) is 11.4 Å². The molecule has 2 aromatic heterocycles. The van der Waals surface area contributed by atoms with E-state index in [0.29, 0.717) is 44.5 Å². The summed E-state index contributed by atoms with van der Waals surface area (Å²) < 4.78 is 14.6. The van der Waals surface area contributed by atoms with Crippen molar-refractivity contribution in [2.24, 2.45) is 0 Å². The first kappa shape index (κ1) is 21.5. The fourth-order valence-corrected chi connectivity index (χ4v) is 5.10. The second-order valence-electron chi connectivity index (χ2n) is 8.33. The molecular weight excluding hydrogens is 441 g/mol. The number of carbonyl (C=O) groups is 2. The fourth-order valence-electron chi connectivity index (χ4n) is 4.39. The summed E-state index contributed by atoms with van der Waals surface area (Å²) in [7, 11) is 0. The molecule has 1 fully saturated rings. The number of nitrogens with one attached hydrogen (secondary N) is 4. The summed E-state index contributed by atoms with van der Waals surface area (Å²) in [6, 6.07) is 9.99. The van der Waals surface area contributed by atoms with Gasteiger partial charge in [0, 0.05) is 29.2 Å². The van der Waals surface area contributed by atoms with Crippen molar-refractivity contribution < 1.29 is 14.0 Å². The quantitative estimate of drug-likeness (QED) is 0.352. The number of hydrogen-bond donors (Lipinski definition) is 4. The Hall–Kier alpha value is -3.30. The zero-order valence-corrected chi connectivity index (χ0v) is 18.7. The van der Waals surface area contributed by atoms with E-state index in [-0.39, 0.29) is 17.6 Å². The minimum atomic E-state index is -0.975. The molecule has 7 nitrogen and oxygen atoms in total. The minimum absolute atomic E-state index is 0.192. The molecule has 170 valence electrons. The number of piperidine rings is 1. The van der Waals surface area contributed by atoms with Crippen molar-refractivity contribution in [3.05, 3.63) is 65.0 Å². The van der Waals surface area contributed by atoms with Gasteiger partial charge in [0.15, 0.2) is 0 Å². The highest BCUT2D eigenvalue weighted by Gasteiger charge is 2.41. The predicted molar refractivity (Wildman–Crippen MR) is 127 cm³/mol. The summed E-state index contributed by atoms with van der Waals surface area (Å²) in [4.78, 5) is 33.7. The van der Waals surface area contributed by atoms with Crippen LogP contribution in [-0.4, -0.2) is 47.0 Å². The average Bonchev–Trinajstić information content (AvgIpc) is 3.46. The lowest BCUT2D eigenvalue weighted by Crippen LogP contribution is -2.63. The first-order chi connectivity index (χ1) is 16.0. The molecule has 1 saturated heterocycles. The van der Waals surface area contributed by atoms with Crippen LogP contribution in [0.15, 0.2) is 48.1 Å². The number of hydrogen-bond acceptors (Lipinski definition) is 5. The molecule has 4 N–H and O–H groups in total. The van der Waals surface area contributed by atoms with E-state index >= 15 is 0 Å². The van der Waals surface area contributed by atoms with Crippen molar-refractivity contribution in [3.8, 4) is 0 Å². The number of carbonyl (C=O) groups excluding carboxylic acids is 2. The molecule has 9 heteroatoms. The Bertz CT molecular complexity index is 1320. The van der Waals surface area contributed by atoms with Gasteiger partial charge in [0.05, 0.1) is 15.7 Å². The fraction of sp³-hybridized carbons (Fsp3) is 0.292. The maximum Gasteiger partial charge on any atom is 0.252 e. The van der Waals surface area contributed by atoms with Gasteiger partial charge < -0.3 is 20.9 Å². The van der Waals surface area contributed by atoms with Crippen molar-refractivity contribution in [1.29, 1.82) is 0 Å². The molecule has 0 radical (unpaired) electrons. The molecule has 0 atom stereocenters. The van der Waals surface area contributed by atoms with Gasteiger partial charge in [-0.15, -0.1) is 11.3 Å². The Balaban J connectivity index is 1.28. The van der Waals surface area contributed by atoms with Crippen LogP contribution in [0.2, 0.25) is 0 Å². The van der Waals surface area contributed by atoms with E-state index < -0.39 is 5.54 Å². The molecule has 5 rings (SSSR count). The number of H-pyrrole nitrogens is 1. The largest absolute Gasteiger partial charge is 0.361 e. The second-order valence-corrected chi connectivity index (χ2v) is 9.22. The lowest BCUT2D eigenvalue weighted by atomic mass is 9.86. The molecule has 4 aromatic rings. The van der Waals surface area contributed by atoms with Crippen LogP contribution >= 0.6 is 11.3 Å². The lowest BCUT2D eigenvalue weighted by molar-refractivity contribution is -0.128. The first-order valence-corrected chi connectivity index (χ1v) is 11.8. The Morgan fingerprint density at radius 1 is 1.15 bits per heavy atom. The summed E-state index contributed by atoms with van der Waals surface area (Å²) in [5.41, 5.74) is 3.93. The van der Waals surface area contributed by atoms with Crippen molar-refractivity contribution in [3.63, 3.8) is 0 Å². The van der Waals surface area contributed by atoms with Gasteiger partial charge in [-0.2, -0.15) is 0 Å². The molecule has 0 unspecified atom stereocenters. The van der Waals surface area contributed by atoms with Crippen LogP contribution in [0.4, 0.5) is 4.39 Å². The third kappa shape index (κ3) is 4.34. The molecule has 33 heavy (non-hydrogen) atoms. The van der Waals surface area contributed by atoms with Gasteiger partial charge in [-0.25, -0.2) is 9.37 Å². The molecule has 0 spiro atoms. The molecule has 0 bridgehead atoms. The molecule has 2 amide bonds. The van der Waals surface area contributed by atoms with E-state index in [1.54, 1.807) is 17.6 Å². The molecular formula is C24H24FN5O2S. The highest BCUT2D eigenvalue weighted by molar-refractivity contribution is 7.16. The Kier molecular flexibility index (Phi) is 5.82. The third-order valence-electron chi connectivity index (χ3n) is 6.25. The zero-order chi connectivity index (χ0) is 22.8. The van der Waals surface area contributed by atoms with Crippen LogP contribution in [0, 0.1) is 5.82 Å². The van der Waals surface area contributed by atoms with Crippen LogP contribution in [0.3, 0.4) is 0 Å². The van der Waals surface area contributed by atoms with Crippen molar-refractivity contribution in [2.75, 3.05) is 19.6 Å². The summed E-state index contributed by atoms with van der Waals surface area (Å²) in [6.07, 6.45) is 3.41. The van der Waals surface area contributed by atoms with Crippen molar-refractivity contribution >= 4 is 44.3 Å². The maximum atomic E-state index is 13.6. The van der Waals surface area contributed by atoms with E-state index in [0.717, 1.165) is 26.7 Å². The van der Waals surface area contributed by atoms with Gasteiger partial charge in [0.2, 0.25) is 5.91 Å². The normalized spacial score (nSPS) is 15.5. The van der Waals surface area contributed by atoms with E-state index in [9.17, 15) is 14.0 Å². The summed E-state index contributed by atoms with van der Waals surface area (Å²) in [5, 5.41) is 10.1. The van der Waals surface area contributed by atoms with Crippen LogP contribution < -0.4 is 16.0 Å². The van der Waals surface area contributed by atoms with Crippen LogP contribution in [0.1, 0.15) is 28.8 Å². The number of aromatic nitrogens is 2. The first-order valence-electron chi connectivity index (χ1n) is 10.9. The maximum absolute atomic E-state index is 13.6. The number of nitrogens with zero attached hydrogens (tertiary/aromatic N) is 1. The standard InChI is InChI=1S/C24H24FN5O2S/c25-17-2-4-19-18(12-17)16(13-28-19)5-8-27-23(32)24(6-9-26-10-7-24)30-22(31)15-1-3-20-21(11-15)33-14-29-20/h1-4,11-14,26,28H,5-10H2,(H,27,32)(H,30,31). The third-order valence-corrected chi connectivity index (χ3v) is 7.04. The summed E-state index contributed by atoms with van der Waals surface area (Å²) >= 11 is 1.48. The molecule has 1 aliphatic heterocycles. The zero-order valence-electron chi connectivity index (χ0n) is 17.9. The number of aromatic amines is 1. The van der Waals surface area contributed by atoms with Crippen LogP contribution in [-0.2, 0) is 11.2 Å². The Labute approximate surface area is 193 Å². The van der Waals surface area contributed by atoms with E-state index in [1.807, 2.05) is 18.3 Å². The smallest absolute Gasteiger partial charge is 0.252 e. The van der Waals surface area contributed by atoms with E-state index in [4.69, 9.17) is 0 Å². The van der Waals surface area contributed by atoms with Gasteiger partial charge in [-0.1, -0.05) is 0 Å². The number of halogens is 1. The number of fused-ring (bicyclic) bond motifs is 2. The van der Waals surface area contributed by atoms with Crippen molar-refractivity contribution in [2.45, 2.75) is 24.8 Å². The summed E-state index contributed by atoms with van der Waals surface area (Å²) in [5.74, 6) is -0.753. The Morgan fingerprint density at radius 3 is 2.85 bits per heavy atom. The molecule has 0 aliphatic carbocycles. The van der Waals surface area contributed by atoms with Gasteiger partial charge in [-0.05, 0) is 74.3 Å². The van der Waals surface area contributed by atoms with Gasteiger partial charge >= 0.3 is 0 Å². The second kappa shape index (κ2) is 8.92. The SMILES string of the molecule is O=C(NC1(C(=O)NCCc2c[nH]c3ccc(F)cc23)CCNCC1)c1ccc2ncsc2c1. The number of rotatable bonds is 6. The molecule has 1 aliphatic rings. The highest BCUT2D eigenvalue weighted by atomic mass is 32.1. The van der Waals surface area contributed by atoms with Crippen LogP contribution in [0.25, 0.3) is 21.1 Å². The minimum Gasteiger partial charge on any atom is -0.361 e. The summed E-state index contributed by atoms with van der Waals surface area (Å²) in [6.45, 7) is 1.67. The molecule has 2 aromatic carbocycles. The van der Waals surface area contributed by atoms with Crippen molar-refractivity contribution in [1.82, 2.24) is 25.9 Å².